The van der Waals surface area contributed by atoms with Gasteiger partial charge in [-0.25, -0.2) is 0 Å². The van der Waals surface area contributed by atoms with Crippen LogP contribution in [-0.4, -0.2) is 24.0 Å². The van der Waals surface area contributed by atoms with Crippen LogP contribution >= 0.6 is 0 Å². The summed E-state index contributed by atoms with van der Waals surface area (Å²) in [5.41, 5.74) is 4.45. The lowest BCUT2D eigenvalue weighted by Gasteiger charge is -2.31. The third kappa shape index (κ3) is 4.67. The molecule has 0 spiro atoms. The second kappa shape index (κ2) is 8.26. The molecule has 1 saturated heterocycles. The molecule has 132 valence electrons. The molecule has 0 aliphatic carbocycles. The van der Waals surface area contributed by atoms with Crippen molar-refractivity contribution in [1.82, 2.24) is 10.3 Å². The van der Waals surface area contributed by atoms with Gasteiger partial charge in [-0.3, -0.25) is 9.78 Å². The summed E-state index contributed by atoms with van der Waals surface area (Å²) in [6.07, 6.45) is 4.33. The molecule has 1 N–H and O–H groups in total. The van der Waals surface area contributed by atoms with Crippen molar-refractivity contribution < 1.29 is 9.53 Å². The fourth-order valence-corrected chi connectivity index (χ4v) is 3.24. The van der Waals surface area contributed by atoms with Crippen molar-refractivity contribution in [2.24, 2.45) is 5.92 Å². The number of ether oxygens (including phenoxy) is 1. The second-order valence-corrected chi connectivity index (χ2v) is 6.80. The van der Waals surface area contributed by atoms with Crippen LogP contribution < -0.4 is 5.32 Å². The Balaban J connectivity index is 1.58. The molecular formula is C21H26N2O2. The first-order valence-corrected chi connectivity index (χ1v) is 9.01. The highest BCUT2D eigenvalue weighted by atomic mass is 16.5. The molecule has 1 aliphatic heterocycles. The van der Waals surface area contributed by atoms with Crippen LogP contribution in [0.4, 0.5) is 0 Å². The first-order chi connectivity index (χ1) is 12.1. The van der Waals surface area contributed by atoms with Gasteiger partial charge in [-0.05, 0) is 50.3 Å². The standard InChI is InChI=1S/C21H26N2O2/c1-15-5-9-18(10-6-15)20-19(4-3-13-25-20)21(24)22-12-11-17-8-7-16(2)23-14-17/h5-10,14,19-20H,3-4,11-13H2,1-2H3,(H,22,24). The number of aromatic nitrogens is 1. The first kappa shape index (κ1) is 17.6. The quantitative estimate of drug-likeness (QED) is 0.907. The van der Waals surface area contributed by atoms with Crippen molar-refractivity contribution in [3.05, 3.63) is 65.0 Å². The molecule has 2 unspecified atom stereocenters. The molecule has 0 radical (unpaired) electrons. The molecule has 2 aromatic rings. The molecule has 1 aromatic heterocycles. The molecule has 0 saturated carbocycles. The first-order valence-electron chi connectivity index (χ1n) is 9.01. The number of benzene rings is 1. The highest BCUT2D eigenvalue weighted by molar-refractivity contribution is 5.79. The molecule has 1 aliphatic rings. The molecule has 2 atom stereocenters. The van der Waals surface area contributed by atoms with E-state index in [9.17, 15) is 4.79 Å². The molecule has 4 nitrogen and oxygen atoms in total. The van der Waals surface area contributed by atoms with Crippen molar-refractivity contribution in [1.29, 1.82) is 0 Å². The zero-order chi connectivity index (χ0) is 17.6. The van der Waals surface area contributed by atoms with Crippen molar-refractivity contribution >= 4 is 5.91 Å². The molecule has 1 aromatic carbocycles. The summed E-state index contributed by atoms with van der Waals surface area (Å²) >= 11 is 0. The lowest BCUT2D eigenvalue weighted by Crippen LogP contribution is -2.38. The Hall–Kier alpha value is -2.20. The van der Waals surface area contributed by atoms with Gasteiger partial charge in [0.1, 0.15) is 0 Å². The van der Waals surface area contributed by atoms with Gasteiger partial charge in [-0.2, -0.15) is 0 Å². The number of nitrogens with one attached hydrogen (secondary N) is 1. The average Bonchev–Trinajstić information content (AvgIpc) is 2.64. The van der Waals surface area contributed by atoms with Crippen LogP contribution in [-0.2, 0) is 16.0 Å². The Bertz CT molecular complexity index is 695. The fraction of sp³-hybridized carbons (Fsp3) is 0.429. The van der Waals surface area contributed by atoms with Gasteiger partial charge in [0.2, 0.25) is 5.91 Å². The van der Waals surface area contributed by atoms with Gasteiger partial charge in [-0.1, -0.05) is 35.9 Å². The monoisotopic (exact) mass is 338 g/mol. The van der Waals surface area contributed by atoms with Gasteiger partial charge in [-0.15, -0.1) is 0 Å². The minimum Gasteiger partial charge on any atom is -0.373 e. The van der Waals surface area contributed by atoms with Crippen LogP contribution in [0.1, 0.15) is 41.3 Å². The Morgan fingerprint density at radius 1 is 1.20 bits per heavy atom. The molecule has 2 heterocycles. The molecule has 3 rings (SSSR count). The summed E-state index contributed by atoms with van der Waals surface area (Å²) in [7, 11) is 0. The molecule has 1 amide bonds. The van der Waals surface area contributed by atoms with Crippen LogP contribution in [0.15, 0.2) is 42.6 Å². The number of nitrogens with zero attached hydrogens (tertiary/aromatic N) is 1. The lowest BCUT2D eigenvalue weighted by atomic mass is 9.88. The molecule has 0 bridgehead atoms. The van der Waals surface area contributed by atoms with Gasteiger partial charge in [0.15, 0.2) is 0 Å². The maximum atomic E-state index is 12.7. The number of carbonyl (C=O) groups excluding carboxylic acids is 1. The van der Waals surface area contributed by atoms with Crippen molar-refractivity contribution in [3.8, 4) is 0 Å². The van der Waals surface area contributed by atoms with E-state index in [4.69, 9.17) is 4.74 Å². The van der Waals surface area contributed by atoms with Crippen LogP contribution in [0, 0.1) is 19.8 Å². The minimum atomic E-state index is -0.143. The van der Waals surface area contributed by atoms with Crippen LogP contribution in [0.25, 0.3) is 0 Å². The van der Waals surface area contributed by atoms with E-state index in [2.05, 4.69) is 47.6 Å². The third-order valence-corrected chi connectivity index (χ3v) is 4.75. The number of pyridine rings is 1. The number of carbonyl (C=O) groups is 1. The minimum absolute atomic E-state index is 0.0883. The average molecular weight is 338 g/mol. The molecule has 4 heteroatoms. The number of rotatable bonds is 5. The summed E-state index contributed by atoms with van der Waals surface area (Å²) in [5.74, 6) is -0.0297. The largest absolute Gasteiger partial charge is 0.373 e. The smallest absolute Gasteiger partial charge is 0.226 e. The predicted molar refractivity (Wildman–Crippen MR) is 98.3 cm³/mol. The van der Waals surface area contributed by atoms with E-state index < -0.39 is 0 Å². The summed E-state index contributed by atoms with van der Waals surface area (Å²) in [6, 6.07) is 12.4. The van der Waals surface area contributed by atoms with Crippen molar-refractivity contribution in [2.75, 3.05) is 13.2 Å². The van der Waals surface area contributed by atoms with Gasteiger partial charge < -0.3 is 10.1 Å². The van der Waals surface area contributed by atoms with E-state index in [1.54, 1.807) is 0 Å². The number of aryl methyl sites for hydroxylation is 2. The van der Waals surface area contributed by atoms with Gasteiger partial charge >= 0.3 is 0 Å². The van der Waals surface area contributed by atoms with E-state index in [1.807, 2.05) is 19.2 Å². The molecular weight excluding hydrogens is 312 g/mol. The Morgan fingerprint density at radius 3 is 2.72 bits per heavy atom. The fourth-order valence-electron chi connectivity index (χ4n) is 3.24. The van der Waals surface area contributed by atoms with Crippen LogP contribution in [0.5, 0.6) is 0 Å². The maximum Gasteiger partial charge on any atom is 0.226 e. The van der Waals surface area contributed by atoms with E-state index in [0.717, 1.165) is 42.7 Å². The van der Waals surface area contributed by atoms with E-state index in [-0.39, 0.29) is 17.9 Å². The number of amides is 1. The molecule has 1 fully saturated rings. The highest BCUT2D eigenvalue weighted by Gasteiger charge is 2.32. The maximum absolute atomic E-state index is 12.7. The summed E-state index contributed by atoms with van der Waals surface area (Å²) in [4.78, 5) is 17.0. The predicted octanol–water partition coefficient (Wildman–Crippen LogP) is 3.53. The molecule has 25 heavy (non-hydrogen) atoms. The summed E-state index contributed by atoms with van der Waals surface area (Å²) in [5, 5.41) is 3.08. The summed E-state index contributed by atoms with van der Waals surface area (Å²) < 4.78 is 5.94. The van der Waals surface area contributed by atoms with Gasteiger partial charge in [0, 0.05) is 25.0 Å². The van der Waals surface area contributed by atoms with Crippen LogP contribution in [0.3, 0.4) is 0 Å². The zero-order valence-electron chi connectivity index (χ0n) is 15.0. The van der Waals surface area contributed by atoms with Crippen molar-refractivity contribution in [3.63, 3.8) is 0 Å². The van der Waals surface area contributed by atoms with E-state index in [1.165, 1.54) is 5.56 Å². The Kier molecular flexibility index (Phi) is 5.82. The Morgan fingerprint density at radius 2 is 2.00 bits per heavy atom. The number of hydrogen-bond donors (Lipinski definition) is 1. The van der Waals surface area contributed by atoms with E-state index >= 15 is 0 Å². The second-order valence-electron chi connectivity index (χ2n) is 6.80. The lowest BCUT2D eigenvalue weighted by molar-refractivity contribution is -0.134. The van der Waals surface area contributed by atoms with Crippen molar-refractivity contribution in [2.45, 2.75) is 39.2 Å². The highest BCUT2D eigenvalue weighted by Crippen LogP contribution is 2.33. The van der Waals surface area contributed by atoms with Crippen LogP contribution in [0.2, 0.25) is 0 Å². The topological polar surface area (TPSA) is 51.2 Å². The Labute approximate surface area is 149 Å². The normalized spacial score (nSPS) is 20.2. The number of hydrogen-bond acceptors (Lipinski definition) is 3. The van der Waals surface area contributed by atoms with Gasteiger partial charge in [0.25, 0.3) is 0 Å². The third-order valence-electron chi connectivity index (χ3n) is 4.75. The SMILES string of the molecule is Cc1ccc(C2OCCCC2C(=O)NCCc2ccc(C)nc2)cc1. The zero-order valence-corrected chi connectivity index (χ0v) is 15.0. The van der Waals surface area contributed by atoms with Gasteiger partial charge in [0.05, 0.1) is 12.0 Å². The van der Waals surface area contributed by atoms with E-state index in [0.29, 0.717) is 6.54 Å². The summed E-state index contributed by atoms with van der Waals surface area (Å²) in [6.45, 7) is 5.38.